The molecule has 0 spiro atoms. The zero-order chi connectivity index (χ0) is 13.1. The molecule has 2 rings (SSSR count). The van der Waals surface area contributed by atoms with Gasteiger partial charge in [-0.25, -0.2) is 9.78 Å². The van der Waals surface area contributed by atoms with E-state index in [4.69, 9.17) is 0 Å². The standard InChI is InChI=1S/C13H18N2O2S/c1-8-6-9(2)14-12(11(8)13(16)17)15-10-4-3-5-18-7-10/h6,10H,3-5,7H2,1-2H3,(H,14,15)(H,16,17). The van der Waals surface area contributed by atoms with Crippen molar-refractivity contribution in [3.63, 3.8) is 0 Å². The summed E-state index contributed by atoms with van der Waals surface area (Å²) >= 11 is 1.91. The third-order valence-corrected chi connectivity index (χ3v) is 4.28. The van der Waals surface area contributed by atoms with Crippen LogP contribution in [0.5, 0.6) is 0 Å². The fourth-order valence-corrected chi connectivity index (χ4v) is 3.33. The number of carbonyl (C=O) groups is 1. The molecular formula is C13H18N2O2S. The lowest BCUT2D eigenvalue weighted by atomic mass is 10.1. The maximum absolute atomic E-state index is 11.3. The molecule has 0 saturated carbocycles. The van der Waals surface area contributed by atoms with Crippen molar-refractivity contribution in [1.29, 1.82) is 0 Å². The summed E-state index contributed by atoms with van der Waals surface area (Å²) in [6.07, 6.45) is 2.26. The summed E-state index contributed by atoms with van der Waals surface area (Å²) in [7, 11) is 0. The third kappa shape index (κ3) is 2.96. The topological polar surface area (TPSA) is 62.2 Å². The van der Waals surface area contributed by atoms with Crippen LogP contribution in [0.1, 0.15) is 34.5 Å². The van der Waals surface area contributed by atoms with Gasteiger partial charge >= 0.3 is 5.97 Å². The molecule has 1 aromatic rings. The molecule has 1 aliphatic heterocycles. The van der Waals surface area contributed by atoms with Gasteiger partial charge in [0.15, 0.2) is 0 Å². The number of carboxylic acid groups (broad SMARTS) is 1. The van der Waals surface area contributed by atoms with Gasteiger partial charge in [-0.1, -0.05) is 0 Å². The van der Waals surface area contributed by atoms with E-state index < -0.39 is 5.97 Å². The highest BCUT2D eigenvalue weighted by molar-refractivity contribution is 7.99. The van der Waals surface area contributed by atoms with E-state index in [0.717, 1.165) is 23.4 Å². The van der Waals surface area contributed by atoms with Crippen LogP contribution in [0.2, 0.25) is 0 Å². The molecule has 1 fully saturated rings. The van der Waals surface area contributed by atoms with Gasteiger partial charge in [0.05, 0.1) is 0 Å². The maximum atomic E-state index is 11.3. The van der Waals surface area contributed by atoms with Gasteiger partial charge in [0, 0.05) is 17.5 Å². The van der Waals surface area contributed by atoms with Crippen LogP contribution in [0.25, 0.3) is 0 Å². The van der Waals surface area contributed by atoms with Crippen molar-refractivity contribution in [2.24, 2.45) is 0 Å². The van der Waals surface area contributed by atoms with E-state index in [0.29, 0.717) is 17.4 Å². The number of aromatic nitrogens is 1. The summed E-state index contributed by atoms with van der Waals surface area (Å²) < 4.78 is 0. The Hall–Kier alpha value is -1.23. The number of thioether (sulfide) groups is 1. The molecule has 2 N–H and O–H groups in total. The minimum absolute atomic E-state index is 0.302. The molecule has 0 radical (unpaired) electrons. The highest BCUT2D eigenvalue weighted by Crippen LogP contribution is 2.24. The number of rotatable bonds is 3. The molecule has 0 aromatic carbocycles. The van der Waals surface area contributed by atoms with Crippen LogP contribution in [0.15, 0.2) is 6.07 Å². The average molecular weight is 266 g/mol. The SMILES string of the molecule is Cc1cc(C)c(C(=O)O)c(NC2CCCSC2)n1. The Morgan fingerprint density at radius 2 is 2.33 bits per heavy atom. The van der Waals surface area contributed by atoms with Crippen LogP contribution in [0.3, 0.4) is 0 Å². The van der Waals surface area contributed by atoms with Gasteiger partial charge in [-0.3, -0.25) is 0 Å². The van der Waals surface area contributed by atoms with E-state index in [9.17, 15) is 9.90 Å². The summed E-state index contributed by atoms with van der Waals surface area (Å²) in [4.78, 5) is 15.7. The summed E-state index contributed by atoms with van der Waals surface area (Å²) in [6, 6.07) is 2.14. The molecule has 0 amide bonds. The second kappa shape index (κ2) is 5.61. The van der Waals surface area contributed by atoms with Gasteiger partial charge in [-0.05, 0) is 44.1 Å². The summed E-state index contributed by atoms with van der Waals surface area (Å²) in [6.45, 7) is 3.71. The van der Waals surface area contributed by atoms with E-state index in [1.807, 2.05) is 31.7 Å². The number of aryl methyl sites for hydroxylation is 2. The molecular weight excluding hydrogens is 248 g/mol. The van der Waals surface area contributed by atoms with Crippen molar-refractivity contribution in [3.8, 4) is 0 Å². The minimum Gasteiger partial charge on any atom is -0.478 e. The predicted octanol–water partition coefficient (Wildman–Crippen LogP) is 2.70. The summed E-state index contributed by atoms with van der Waals surface area (Å²) in [5.74, 6) is 1.83. The number of hydrogen-bond donors (Lipinski definition) is 2. The lowest BCUT2D eigenvalue weighted by Crippen LogP contribution is -2.27. The second-order valence-electron chi connectivity index (χ2n) is 4.67. The number of hydrogen-bond acceptors (Lipinski definition) is 4. The summed E-state index contributed by atoms with van der Waals surface area (Å²) in [5, 5.41) is 12.6. The average Bonchev–Trinajstić information content (AvgIpc) is 2.28. The van der Waals surface area contributed by atoms with E-state index in [-0.39, 0.29) is 0 Å². The first kappa shape index (κ1) is 13.2. The molecule has 2 heterocycles. The fraction of sp³-hybridized carbons (Fsp3) is 0.538. The van der Waals surface area contributed by atoms with Gasteiger partial charge in [0.2, 0.25) is 0 Å². The Balaban J connectivity index is 2.27. The van der Waals surface area contributed by atoms with Crippen molar-refractivity contribution in [2.45, 2.75) is 32.7 Å². The number of carboxylic acids is 1. The van der Waals surface area contributed by atoms with Crippen LogP contribution in [0, 0.1) is 13.8 Å². The van der Waals surface area contributed by atoms with Crippen molar-refractivity contribution < 1.29 is 9.90 Å². The van der Waals surface area contributed by atoms with Crippen molar-refractivity contribution >= 4 is 23.5 Å². The minimum atomic E-state index is -0.911. The Bertz CT molecular complexity index is 457. The third-order valence-electron chi connectivity index (χ3n) is 3.06. The van der Waals surface area contributed by atoms with Gasteiger partial charge in [-0.2, -0.15) is 11.8 Å². The number of nitrogens with zero attached hydrogens (tertiary/aromatic N) is 1. The van der Waals surface area contributed by atoms with Crippen LogP contribution in [-0.4, -0.2) is 33.6 Å². The molecule has 1 unspecified atom stereocenters. The van der Waals surface area contributed by atoms with Crippen molar-refractivity contribution in [2.75, 3.05) is 16.8 Å². The first-order chi connectivity index (χ1) is 8.58. The monoisotopic (exact) mass is 266 g/mol. The smallest absolute Gasteiger partial charge is 0.339 e. The van der Waals surface area contributed by atoms with Gasteiger partial charge in [-0.15, -0.1) is 0 Å². The molecule has 98 valence electrons. The molecule has 0 bridgehead atoms. The molecule has 1 aliphatic rings. The van der Waals surface area contributed by atoms with Crippen molar-refractivity contribution in [3.05, 3.63) is 22.9 Å². The van der Waals surface area contributed by atoms with Crippen LogP contribution >= 0.6 is 11.8 Å². The lowest BCUT2D eigenvalue weighted by molar-refractivity contribution is 0.0697. The van der Waals surface area contributed by atoms with Crippen LogP contribution in [-0.2, 0) is 0 Å². The predicted molar refractivity (Wildman–Crippen MR) is 74.6 cm³/mol. The number of anilines is 1. The van der Waals surface area contributed by atoms with E-state index in [1.165, 1.54) is 12.2 Å². The number of nitrogens with one attached hydrogen (secondary N) is 1. The Morgan fingerprint density at radius 3 is 2.94 bits per heavy atom. The normalized spacial score (nSPS) is 19.6. The first-order valence-electron chi connectivity index (χ1n) is 6.13. The lowest BCUT2D eigenvalue weighted by Gasteiger charge is -2.24. The largest absolute Gasteiger partial charge is 0.478 e. The Labute approximate surface area is 111 Å². The molecule has 1 aromatic heterocycles. The van der Waals surface area contributed by atoms with Crippen LogP contribution < -0.4 is 5.32 Å². The Kier molecular flexibility index (Phi) is 4.11. The fourth-order valence-electron chi connectivity index (χ4n) is 2.26. The number of pyridine rings is 1. The Morgan fingerprint density at radius 1 is 1.56 bits per heavy atom. The molecule has 1 atom stereocenters. The highest BCUT2D eigenvalue weighted by Gasteiger charge is 2.20. The summed E-state index contributed by atoms with van der Waals surface area (Å²) in [5.41, 5.74) is 1.92. The molecule has 4 nitrogen and oxygen atoms in total. The first-order valence-corrected chi connectivity index (χ1v) is 7.29. The van der Waals surface area contributed by atoms with E-state index >= 15 is 0 Å². The zero-order valence-corrected chi connectivity index (χ0v) is 11.5. The highest BCUT2D eigenvalue weighted by atomic mass is 32.2. The number of aromatic carboxylic acids is 1. The van der Waals surface area contributed by atoms with Crippen molar-refractivity contribution in [1.82, 2.24) is 4.98 Å². The van der Waals surface area contributed by atoms with Gasteiger partial charge in [0.25, 0.3) is 0 Å². The quantitative estimate of drug-likeness (QED) is 0.880. The maximum Gasteiger partial charge on any atom is 0.339 e. The second-order valence-corrected chi connectivity index (χ2v) is 5.82. The van der Waals surface area contributed by atoms with E-state index in [2.05, 4.69) is 10.3 Å². The molecule has 5 heteroatoms. The van der Waals surface area contributed by atoms with Gasteiger partial charge in [0.1, 0.15) is 11.4 Å². The van der Waals surface area contributed by atoms with Gasteiger partial charge < -0.3 is 10.4 Å². The molecule has 1 saturated heterocycles. The van der Waals surface area contributed by atoms with Crippen LogP contribution in [0.4, 0.5) is 5.82 Å². The molecule has 18 heavy (non-hydrogen) atoms. The zero-order valence-electron chi connectivity index (χ0n) is 10.7. The van der Waals surface area contributed by atoms with E-state index in [1.54, 1.807) is 0 Å². The molecule has 0 aliphatic carbocycles.